The van der Waals surface area contributed by atoms with Gasteiger partial charge in [-0.15, -0.1) is 0 Å². The van der Waals surface area contributed by atoms with Gasteiger partial charge in [0, 0.05) is 40.4 Å². The molecule has 0 amide bonds. The van der Waals surface area contributed by atoms with Gasteiger partial charge in [0.2, 0.25) is 10.0 Å². The van der Waals surface area contributed by atoms with E-state index in [9.17, 15) is 17.4 Å². The average Bonchev–Trinajstić information content (AvgIpc) is 2.41. The molecule has 2 rings (SSSR count). The van der Waals surface area contributed by atoms with Crippen molar-refractivity contribution >= 4 is 38.4 Å². The molecule has 116 valence electrons. The van der Waals surface area contributed by atoms with Crippen LogP contribution in [0.5, 0.6) is 0 Å². The molecule has 0 aromatic heterocycles. The quantitative estimate of drug-likeness (QED) is 0.880. The van der Waals surface area contributed by atoms with Gasteiger partial charge in [0.05, 0.1) is 10.5 Å². The second-order valence-electron chi connectivity index (χ2n) is 4.63. The molecular weight excluding hydrogens is 338 g/mol. The number of hydrogen-bond acceptors (Lipinski definition) is 4. The molecule has 0 bridgehead atoms. The molecule has 1 aliphatic heterocycles. The van der Waals surface area contributed by atoms with Crippen molar-refractivity contribution in [2.45, 2.75) is 11.8 Å². The summed E-state index contributed by atoms with van der Waals surface area (Å²) in [5.74, 6) is -0.666. The molecule has 1 fully saturated rings. The van der Waals surface area contributed by atoms with Crippen LogP contribution in [0.4, 0.5) is 0 Å². The largest absolute Gasteiger partial charge is 0.478 e. The van der Waals surface area contributed by atoms with Crippen molar-refractivity contribution in [3.05, 3.63) is 28.3 Å². The standard InChI is InChI=1S/C12H14ClNO5S2/c1-8-10(12(15)16)6-9(13)7-11(8)21(18,19)14-2-4-20(17)5-3-14/h6-7H,2-5H2,1H3,(H,15,16). The SMILES string of the molecule is Cc1c(C(=O)O)cc(Cl)cc1S(=O)(=O)N1CCS(=O)CC1. The fourth-order valence-electron chi connectivity index (χ4n) is 2.14. The molecule has 21 heavy (non-hydrogen) atoms. The predicted molar refractivity (Wildman–Crippen MR) is 79.8 cm³/mol. The first-order valence-electron chi connectivity index (χ1n) is 6.12. The van der Waals surface area contributed by atoms with E-state index < -0.39 is 26.8 Å². The van der Waals surface area contributed by atoms with Crippen molar-refractivity contribution in [1.82, 2.24) is 4.31 Å². The van der Waals surface area contributed by atoms with Crippen molar-refractivity contribution in [3.8, 4) is 0 Å². The Morgan fingerprint density at radius 2 is 1.90 bits per heavy atom. The Balaban J connectivity index is 2.50. The molecule has 0 radical (unpaired) electrons. The third kappa shape index (κ3) is 3.28. The maximum absolute atomic E-state index is 12.6. The fourth-order valence-corrected chi connectivity index (χ4v) is 5.43. The van der Waals surface area contributed by atoms with Crippen LogP contribution in [0.1, 0.15) is 15.9 Å². The third-order valence-electron chi connectivity index (χ3n) is 3.31. The monoisotopic (exact) mass is 351 g/mol. The zero-order valence-electron chi connectivity index (χ0n) is 11.2. The number of halogens is 1. The van der Waals surface area contributed by atoms with Crippen LogP contribution < -0.4 is 0 Å². The minimum Gasteiger partial charge on any atom is -0.478 e. The van der Waals surface area contributed by atoms with Crippen LogP contribution in [0.15, 0.2) is 17.0 Å². The molecule has 9 heteroatoms. The number of carbonyl (C=O) groups is 1. The van der Waals surface area contributed by atoms with E-state index in [2.05, 4.69) is 0 Å². The van der Waals surface area contributed by atoms with Gasteiger partial charge in [-0.25, -0.2) is 13.2 Å². The number of carboxylic acids is 1. The molecule has 1 aromatic carbocycles. The Kier molecular flexibility index (Phi) is 4.72. The minimum atomic E-state index is -3.84. The van der Waals surface area contributed by atoms with E-state index in [1.54, 1.807) is 0 Å². The highest BCUT2D eigenvalue weighted by Gasteiger charge is 2.31. The van der Waals surface area contributed by atoms with Crippen LogP contribution in [0.2, 0.25) is 5.02 Å². The highest BCUT2D eigenvalue weighted by atomic mass is 35.5. The second-order valence-corrected chi connectivity index (χ2v) is 8.67. The van der Waals surface area contributed by atoms with Crippen LogP contribution in [0.3, 0.4) is 0 Å². The highest BCUT2D eigenvalue weighted by molar-refractivity contribution is 7.89. The first kappa shape index (κ1) is 16.4. The lowest BCUT2D eigenvalue weighted by atomic mass is 10.1. The maximum atomic E-state index is 12.6. The summed E-state index contributed by atoms with van der Waals surface area (Å²) in [6, 6.07) is 2.48. The highest BCUT2D eigenvalue weighted by Crippen LogP contribution is 2.27. The second kappa shape index (κ2) is 6.04. The molecule has 0 aliphatic carbocycles. The minimum absolute atomic E-state index is 0.0529. The number of sulfonamides is 1. The number of rotatable bonds is 3. The van der Waals surface area contributed by atoms with E-state index in [4.69, 9.17) is 16.7 Å². The molecule has 6 nitrogen and oxygen atoms in total. The Bertz CT molecular complexity index is 707. The van der Waals surface area contributed by atoms with Crippen molar-refractivity contribution in [2.75, 3.05) is 24.6 Å². The first-order valence-corrected chi connectivity index (χ1v) is 9.42. The molecule has 1 aromatic rings. The van der Waals surface area contributed by atoms with Crippen molar-refractivity contribution in [2.24, 2.45) is 0 Å². The summed E-state index contributed by atoms with van der Waals surface area (Å²) in [4.78, 5) is 11.1. The topological polar surface area (TPSA) is 91.8 Å². The van der Waals surface area contributed by atoms with E-state index >= 15 is 0 Å². The zero-order chi connectivity index (χ0) is 15.8. The van der Waals surface area contributed by atoms with Gasteiger partial charge in [-0.05, 0) is 24.6 Å². The summed E-state index contributed by atoms with van der Waals surface area (Å²) in [5.41, 5.74) is 0.0141. The van der Waals surface area contributed by atoms with Gasteiger partial charge in [0.25, 0.3) is 0 Å². The number of benzene rings is 1. The summed E-state index contributed by atoms with van der Waals surface area (Å²) in [6.07, 6.45) is 0. The maximum Gasteiger partial charge on any atom is 0.336 e. The summed E-state index contributed by atoms with van der Waals surface area (Å²) in [7, 11) is -4.84. The summed E-state index contributed by atoms with van der Waals surface area (Å²) < 4.78 is 37.8. The van der Waals surface area contributed by atoms with Crippen LogP contribution in [-0.4, -0.2) is 52.6 Å². The number of nitrogens with zero attached hydrogens (tertiary/aromatic N) is 1. The lowest BCUT2D eigenvalue weighted by Gasteiger charge is -2.26. The van der Waals surface area contributed by atoms with Gasteiger partial charge in [0.15, 0.2) is 0 Å². The van der Waals surface area contributed by atoms with E-state index in [0.717, 1.165) is 0 Å². The molecule has 1 heterocycles. The molecule has 1 saturated heterocycles. The van der Waals surface area contributed by atoms with E-state index in [0.29, 0.717) is 0 Å². The number of carboxylic acid groups (broad SMARTS) is 1. The predicted octanol–water partition coefficient (Wildman–Crippen LogP) is 1.10. The molecule has 0 unspecified atom stereocenters. The molecule has 0 spiro atoms. The van der Waals surface area contributed by atoms with Crippen LogP contribution >= 0.6 is 11.6 Å². The lowest BCUT2D eigenvalue weighted by Crippen LogP contribution is -2.42. The molecule has 1 aliphatic rings. The van der Waals surface area contributed by atoms with Crippen LogP contribution in [0, 0.1) is 6.92 Å². The molecular formula is C12H14ClNO5S2. The van der Waals surface area contributed by atoms with Gasteiger partial charge < -0.3 is 5.11 Å². The van der Waals surface area contributed by atoms with E-state index in [1.807, 2.05) is 0 Å². The summed E-state index contributed by atoms with van der Waals surface area (Å²) in [6.45, 7) is 1.75. The summed E-state index contributed by atoms with van der Waals surface area (Å²) >= 11 is 5.84. The zero-order valence-corrected chi connectivity index (χ0v) is 13.6. The Morgan fingerprint density at radius 3 is 2.43 bits per heavy atom. The lowest BCUT2D eigenvalue weighted by molar-refractivity contribution is 0.0696. The van der Waals surface area contributed by atoms with Crippen LogP contribution in [0.25, 0.3) is 0 Å². The van der Waals surface area contributed by atoms with Gasteiger partial charge in [-0.2, -0.15) is 4.31 Å². The third-order valence-corrected chi connectivity index (χ3v) is 6.83. The van der Waals surface area contributed by atoms with Crippen molar-refractivity contribution in [3.63, 3.8) is 0 Å². The number of aromatic carboxylic acids is 1. The Labute approximate surface area is 130 Å². The fraction of sp³-hybridized carbons (Fsp3) is 0.417. The van der Waals surface area contributed by atoms with Gasteiger partial charge in [-0.3, -0.25) is 4.21 Å². The van der Waals surface area contributed by atoms with Gasteiger partial charge >= 0.3 is 5.97 Å². The average molecular weight is 352 g/mol. The number of hydrogen-bond donors (Lipinski definition) is 1. The summed E-state index contributed by atoms with van der Waals surface area (Å²) in [5, 5.41) is 9.17. The van der Waals surface area contributed by atoms with Crippen molar-refractivity contribution in [1.29, 1.82) is 0 Å². The molecule has 0 saturated carbocycles. The normalized spacial score (nSPS) is 17.8. The molecule has 0 atom stereocenters. The van der Waals surface area contributed by atoms with E-state index in [-0.39, 0.29) is 45.6 Å². The molecule has 1 N–H and O–H groups in total. The van der Waals surface area contributed by atoms with Gasteiger partial charge in [-0.1, -0.05) is 11.6 Å². The Morgan fingerprint density at radius 1 is 1.33 bits per heavy atom. The van der Waals surface area contributed by atoms with Crippen LogP contribution in [-0.2, 0) is 20.8 Å². The van der Waals surface area contributed by atoms with Crippen molar-refractivity contribution < 1.29 is 22.5 Å². The Hall–Kier alpha value is -0.960. The van der Waals surface area contributed by atoms with Gasteiger partial charge in [0.1, 0.15) is 0 Å². The smallest absolute Gasteiger partial charge is 0.336 e. The van der Waals surface area contributed by atoms with E-state index in [1.165, 1.54) is 23.4 Å². The first-order chi connectivity index (χ1) is 9.73.